The standard InChI is InChI=1S/C21H22N2O3S/c1-4-25-15-9-10-18(26-5-2)17(13-15)23-21(24)16-7-6-12-22-20(16)19-11-8-14(3)27-19/h6-13H,4-5H2,1-3H3,(H,23,24). The van der Waals surface area contributed by atoms with Gasteiger partial charge in [0, 0.05) is 17.1 Å². The van der Waals surface area contributed by atoms with Gasteiger partial charge in [0.25, 0.3) is 5.91 Å². The smallest absolute Gasteiger partial charge is 0.258 e. The summed E-state index contributed by atoms with van der Waals surface area (Å²) in [6, 6.07) is 13.0. The summed E-state index contributed by atoms with van der Waals surface area (Å²) in [5, 5.41) is 2.95. The van der Waals surface area contributed by atoms with Crippen molar-refractivity contribution in [2.45, 2.75) is 20.8 Å². The zero-order valence-corrected chi connectivity index (χ0v) is 16.4. The van der Waals surface area contributed by atoms with Crippen LogP contribution in [0.4, 0.5) is 5.69 Å². The Balaban J connectivity index is 1.93. The second-order valence-electron chi connectivity index (χ2n) is 5.79. The van der Waals surface area contributed by atoms with Crippen LogP contribution in [0.5, 0.6) is 11.5 Å². The number of ether oxygens (including phenoxy) is 2. The van der Waals surface area contributed by atoms with Crippen LogP contribution in [-0.4, -0.2) is 24.1 Å². The van der Waals surface area contributed by atoms with Crippen LogP contribution in [0.2, 0.25) is 0 Å². The molecule has 0 atom stereocenters. The molecule has 0 saturated carbocycles. The molecule has 0 fully saturated rings. The zero-order chi connectivity index (χ0) is 19.2. The number of aromatic nitrogens is 1. The lowest BCUT2D eigenvalue weighted by Crippen LogP contribution is -2.14. The third-order valence-electron chi connectivity index (χ3n) is 3.84. The minimum atomic E-state index is -0.237. The van der Waals surface area contributed by atoms with Crippen LogP contribution in [-0.2, 0) is 0 Å². The van der Waals surface area contributed by atoms with Crippen LogP contribution in [0, 0.1) is 6.92 Å². The molecule has 0 saturated heterocycles. The minimum absolute atomic E-state index is 0.237. The average Bonchev–Trinajstić information content (AvgIpc) is 3.10. The van der Waals surface area contributed by atoms with Crippen molar-refractivity contribution in [2.75, 3.05) is 18.5 Å². The van der Waals surface area contributed by atoms with E-state index in [1.165, 1.54) is 4.88 Å². The molecule has 0 bridgehead atoms. The number of nitrogens with zero attached hydrogens (tertiary/aromatic N) is 1. The highest BCUT2D eigenvalue weighted by Crippen LogP contribution is 2.32. The predicted molar refractivity (Wildman–Crippen MR) is 109 cm³/mol. The Morgan fingerprint density at radius 2 is 1.93 bits per heavy atom. The highest BCUT2D eigenvalue weighted by molar-refractivity contribution is 7.15. The van der Waals surface area contributed by atoms with E-state index in [1.54, 1.807) is 41.8 Å². The molecule has 1 amide bonds. The van der Waals surface area contributed by atoms with Gasteiger partial charge in [0.2, 0.25) is 0 Å². The number of amides is 1. The second-order valence-corrected chi connectivity index (χ2v) is 7.08. The van der Waals surface area contributed by atoms with E-state index in [4.69, 9.17) is 9.47 Å². The highest BCUT2D eigenvalue weighted by Gasteiger charge is 2.17. The topological polar surface area (TPSA) is 60.5 Å². The number of benzene rings is 1. The van der Waals surface area contributed by atoms with Gasteiger partial charge in [-0.15, -0.1) is 11.3 Å². The molecule has 0 aliphatic heterocycles. The van der Waals surface area contributed by atoms with Crippen molar-refractivity contribution >= 4 is 22.9 Å². The van der Waals surface area contributed by atoms with E-state index in [0.29, 0.717) is 41.7 Å². The lowest BCUT2D eigenvalue weighted by Gasteiger charge is -2.14. The number of carbonyl (C=O) groups excluding carboxylic acids is 1. The van der Waals surface area contributed by atoms with Crippen LogP contribution >= 0.6 is 11.3 Å². The number of carbonyl (C=O) groups is 1. The summed E-state index contributed by atoms with van der Waals surface area (Å²) >= 11 is 1.61. The van der Waals surface area contributed by atoms with Gasteiger partial charge in [0.1, 0.15) is 11.5 Å². The van der Waals surface area contributed by atoms with Crippen LogP contribution in [0.3, 0.4) is 0 Å². The zero-order valence-electron chi connectivity index (χ0n) is 15.6. The van der Waals surface area contributed by atoms with Crippen molar-refractivity contribution in [3.8, 4) is 22.1 Å². The molecule has 2 heterocycles. The number of hydrogen-bond acceptors (Lipinski definition) is 5. The molecule has 0 aliphatic carbocycles. The van der Waals surface area contributed by atoms with Crippen molar-refractivity contribution < 1.29 is 14.3 Å². The van der Waals surface area contributed by atoms with E-state index >= 15 is 0 Å². The van der Waals surface area contributed by atoms with E-state index in [0.717, 1.165) is 4.88 Å². The lowest BCUT2D eigenvalue weighted by atomic mass is 10.1. The average molecular weight is 382 g/mol. The van der Waals surface area contributed by atoms with Crippen molar-refractivity contribution in [1.82, 2.24) is 4.98 Å². The van der Waals surface area contributed by atoms with Crippen LogP contribution in [0.1, 0.15) is 29.1 Å². The number of nitrogens with one attached hydrogen (secondary N) is 1. The summed E-state index contributed by atoms with van der Waals surface area (Å²) in [7, 11) is 0. The van der Waals surface area contributed by atoms with E-state index in [9.17, 15) is 4.79 Å². The maximum absolute atomic E-state index is 13.0. The fourth-order valence-electron chi connectivity index (χ4n) is 2.68. The monoisotopic (exact) mass is 382 g/mol. The van der Waals surface area contributed by atoms with Gasteiger partial charge in [0.15, 0.2) is 0 Å². The maximum atomic E-state index is 13.0. The normalized spacial score (nSPS) is 10.5. The number of aryl methyl sites for hydroxylation is 1. The van der Waals surface area contributed by atoms with Gasteiger partial charge in [-0.25, -0.2) is 0 Å². The molecule has 140 valence electrons. The highest BCUT2D eigenvalue weighted by atomic mass is 32.1. The van der Waals surface area contributed by atoms with Crippen molar-refractivity contribution in [1.29, 1.82) is 0 Å². The first kappa shape index (κ1) is 18.9. The molecule has 3 aromatic rings. The van der Waals surface area contributed by atoms with Gasteiger partial charge >= 0.3 is 0 Å². The first-order chi connectivity index (χ1) is 13.1. The Labute approximate surface area is 163 Å². The molecule has 3 rings (SSSR count). The third kappa shape index (κ3) is 4.46. The molecule has 6 heteroatoms. The van der Waals surface area contributed by atoms with Crippen LogP contribution < -0.4 is 14.8 Å². The van der Waals surface area contributed by atoms with E-state index in [-0.39, 0.29) is 5.91 Å². The van der Waals surface area contributed by atoms with Crippen LogP contribution in [0.25, 0.3) is 10.6 Å². The molecule has 0 aliphatic rings. The molecular weight excluding hydrogens is 360 g/mol. The van der Waals surface area contributed by atoms with Gasteiger partial charge in [-0.05, 0) is 57.2 Å². The van der Waals surface area contributed by atoms with Crippen LogP contribution in [0.15, 0.2) is 48.7 Å². The molecule has 0 spiro atoms. The summed E-state index contributed by atoms with van der Waals surface area (Å²) in [5.41, 5.74) is 1.76. The number of pyridine rings is 1. The third-order valence-corrected chi connectivity index (χ3v) is 4.84. The largest absolute Gasteiger partial charge is 0.494 e. The van der Waals surface area contributed by atoms with Gasteiger partial charge in [0.05, 0.1) is 35.0 Å². The molecule has 27 heavy (non-hydrogen) atoms. The Hall–Kier alpha value is -2.86. The van der Waals surface area contributed by atoms with Gasteiger partial charge in [-0.1, -0.05) is 0 Å². The van der Waals surface area contributed by atoms with Gasteiger partial charge in [-0.2, -0.15) is 0 Å². The predicted octanol–water partition coefficient (Wildman–Crippen LogP) is 5.17. The summed E-state index contributed by atoms with van der Waals surface area (Å²) in [6.07, 6.45) is 1.70. The number of hydrogen-bond donors (Lipinski definition) is 1. The lowest BCUT2D eigenvalue weighted by molar-refractivity contribution is 0.102. The van der Waals surface area contributed by atoms with E-state index in [2.05, 4.69) is 10.3 Å². The van der Waals surface area contributed by atoms with E-state index < -0.39 is 0 Å². The van der Waals surface area contributed by atoms with E-state index in [1.807, 2.05) is 39.0 Å². The molecule has 1 N–H and O–H groups in total. The minimum Gasteiger partial charge on any atom is -0.494 e. The Bertz CT molecular complexity index is 937. The summed E-state index contributed by atoms with van der Waals surface area (Å²) in [4.78, 5) is 19.6. The summed E-state index contributed by atoms with van der Waals surface area (Å²) in [6.45, 7) is 6.90. The van der Waals surface area contributed by atoms with Crippen molar-refractivity contribution in [3.05, 3.63) is 59.1 Å². The number of thiophene rings is 1. The Morgan fingerprint density at radius 3 is 2.63 bits per heavy atom. The Kier molecular flexibility index (Phi) is 6.08. The van der Waals surface area contributed by atoms with Crippen molar-refractivity contribution in [2.24, 2.45) is 0 Å². The van der Waals surface area contributed by atoms with Crippen molar-refractivity contribution in [3.63, 3.8) is 0 Å². The molecule has 1 aromatic carbocycles. The quantitative estimate of drug-likeness (QED) is 0.612. The fraction of sp³-hybridized carbons (Fsp3) is 0.238. The fourth-order valence-corrected chi connectivity index (χ4v) is 3.56. The molecular formula is C21H22N2O3S. The molecule has 5 nitrogen and oxygen atoms in total. The molecule has 0 radical (unpaired) electrons. The molecule has 0 unspecified atom stereocenters. The summed E-state index contributed by atoms with van der Waals surface area (Å²) in [5.74, 6) is 1.04. The number of rotatable bonds is 7. The van der Waals surface area contributed by atoms with Gasteiger partial charge < -0.3 is 14.8 Å². The SMILES string of the molecule is CCOc1ccc(OCC)c(NC(=O)c2cccnc2-c2ccc(C)s2)c1. The maximum Gasteiger partial charge on any atom is 0.258 e. The first-order valence-electron chi connectivity index (χ1n) is 8.85. The molecule has 2 aromatic heterocycles. The second kappa shape index (κ2) is 8.68. The van der Waals surface area contributed by atoms with Gasteiger partial charge in [-0.3, -0.25) is 9.78 Å². The number of anilines is 1. The Morgan fingerprint density at radius 1 is 1.11 bits per heavy atom. The first-order valence-corrected chi connectivity index (χ1v) is 9.66. The summed E-state index contributed by atoms with van der Waals surface area (Å²) < 4.78 is 11.2.